The van der Waals surface area contributed by atoms with Crippen LogP contribution in [-0.2, 0) is 0 Å². The van der Waals surface area contributed by atoms with E-state index in [1.807, 2.05) is 12.1 Å². The molecular formula is C10H13NO2. The molecule has 2 atom stereocenters. The van der Waals surface area contributed by atoms with E-state index in [0.29, 0.717) is 5.92 Å². The first-order valence-corrected chi connectivity index (χ1v) is 4.44. The number of aliphatic hydroxyl groups excluding tert-OH is 1. The zero-order valence-corrected chi connectivity index (χ0v) is 7.27. The standard InChI is InChI=1S/C10H13NO2/c12-6-8-5-11-10(8)7-2-1-3-9(13)4-7/h1-4,8,10-13H,5-6H2. The van der Waals surface area contributed by atoms with Gasteiger partial charge in [-0.3, -0.25) is 0 Å². The molecule has 1 saturated heterocycles. The van der Waals surface area contributed by atoms with Gasteiger partial charge in [-0.1, -0.05) is 12.1 Å². The molecule has 0 bridgehead atoms. The lowest BCUT2D eigenvalue weighted by Crippen LogP contribution is -2.47. The first-order chi connectivity index (χ1) is 6.31. The maximum absolute atomic E-state index is 9.25. The first-order valence-electron chi connectivity index (χ1n) is 4.44. The third-order valence-electron chi connectivity index (χ3n) is 2.54. The summed E-state index contributed by atoms with van der Waals surface area (Å²) in [5.74, 6) is 0.574. The van der Waals surface area contributed by atoms with Gasteiger partial charge >= 0.3 is 0 Å². The van der Waals surface area contributed by atoms with E-state index in [1.165, 1.54) is 0 Å². The van der Waals surface area contributed by atoms with Crippen LogP contribution in [-0.4, -0.2) is 23.4 Å². The number of phenolic OH excluding ortho intramolecular Hbond substituents is 1. The van der Waals surface area contributed by atoms with Gasteiger partial charge in [0.1, 0.15) is 5.75 Å². The van der Waals surface area contributed by atoms with Crippen LogP contribution < -0.4 is 5.32 Å². The summed E-state index contributed by atoms with van der Waals surface area (Å²) in [6.07, 6.45) is 0. The van der Waals surface area contributed by atoms with E-state index >= 15 is 0 Å². The number of aromatic hydroxyl groups is 1. The Labute approximate surface area is 77.0 Å². The smallest absolute Gasteiger partial charge is 0.115 e. The summed E-state index contributed by atoms with van der Waals surface area (Å²) in [4.78, 5) is 0. The van der Waals surface area contributed by atoms with E-state index in [2.05, 4.69) is 5.32 Å². The van der Waals surface area contributed by atoms with Crippen LogP contribution in [0, 0.1) is 5.92 Å². The molecule has 1 fully saturated rings. The topological polar surface area (TPSA) is 52.5 Å². The average molecular weight is 179 g/mol. The van der Waals surface area contributed by atoms with Crippen molar-refractivity contribution in [3.8, 4) is 5.75 Å². The molecule has 0 amide bonds. The summed E-state index contributed by atoms with van der Waals surface area (Å²) in [6, 6.07) is 7.37. The van der Waals surface area contributed by atoms with Crippen molar-refractivity contribution in [3.63, 3.8) is 0 Å². The van der Waals surface area contributed by atoms with Crippen molar-refractivity contribution in [1.82, 2.24) is 5.32 Å². The molecule has 3 heteroatoms. The van der Waals surface area contributed by atoms with Crippen LogP contribution in [0.2, 0.25) is 0 Å². The van der Waals surface area contributed by atoms with Gasteiger partial charge in [0.25, 0.3) is 0 Å². The van der Waals surface area contributed by atoms with Gasteiger partial charge in [-0.25, -0.2) is 0 Å². The minimum Gasteiger partial charge on any atom is -0.508 e. The van der Waals surface area contributed by atoms with E-state index < -0.39 is 0 Å². The van der Waals surface area contributed by atoms with Crippen LogP contribution in [0.15, 0.2) is 24.3 Å². The zero-order valence-electron chi connectivity index (χ0n) is 7.27. The number of hydrogen-bond acceptors (Lipinski definition) is 3. The van der Waals surface area contributed by atoms with Gasteiger partial charge < -0.3 is 15.5 Å². The molecule has 1 aromatic rings. The molecule has 2 unspecified atom stereocenters. The molecule has 0 aliphatic carbocycles. The first kappa shape index (κ1) is 8.53. The van der Waals surface area contributed by atoms with Crippen molar-refractivity contribution in [2.45, 2.75) is 6.04 Å². The van der Waals surface area contributed by atoms with E-state index in [9.17, 15) is 5.11 Å². The fourth-order valence-electron chi connectivity index (χ4n) is 1.68. The lowest BCUT2D eigenvalue weighted by molar-refractivity contribution is 0.128. The molecule has 2 rings (SSSR count). The summed E-state index contributed by atoms with van der Waals surface area (Å²) >= 11 is 0. The summed E-state index contributed by atoms with van der Waals surface area (Å²) in [7, 11) is 0. The van der Waals surface area contributed by atoms with E-state index in [1.54, 1.807) is 12.1 Å². The Hall–Kier alpha value is -1.06. The molecule has 13 heavy (non-hydrogen) atoms. The van der Waals surface area contributed by atoms with Gasteiger partial charge in [0, 0.05) is 25.1 Å². The molecule has 3 N–H and O–H groups in total. The van der Waals surface area contributed by atoms with Gasteiger partial charge in [-0.15, -0.1) is 0 Å². The largest absolute Gasteiger partial charge is 0.508 e. The van der Waals surface area contributed by atoms with Crippen molar-refractivity contribution in [3.05, 3.63) is 29.8 Å². The van der Waals surface area contributed by atoms with Crippen LogP contribution in [0.25, 0.3) is 0 Å². The van der Waals surface area contributed by atoms with Crippen molar-refractivity contribution in [2.75, 3.05) is 13.2 Å². The fourth-order valence-corrected chi connectivity index (χ4v) is 1.68. The normalized spacial score (nSPS) is 26.8. The third kappa shape index (κ3) is 1.53. The second-order valence-corrected chi connectivity index (χ2v) is 3.42. The van der Waals surface area contributed by atoms with Crippen LogP contribution >= 0.6 is 0 Å². The molecule has 1 aromatic carbocycles. The average Bonchev–Trinajstić information content (AvgIpc) is 2.03. The highest BCUT2D eigenvalue weighted by atomic mass is 16.3. The van der Waals surface area contributed by atoms with Crippen molar-refractivity contribution in [2.24, 2.45) is 5.92 Å². The Balaban J connectivity index is 2.16. The quantitative estimate of drug-likeness (QED) is 0.624. The molecule has 0 saturated carbocycles. The Bertz CT molecular complexity index is 299. The summed E-state index contributed by atoms with van der Waals surface area (Å²) < 4.78 is 0. The highest BCUT2D eigenvalue weighted by Gasteiger charge is 2.30. The zero-order chi connectivity index (χ0) is 9.26. The van der Waals surface area contributed by atoms with Crippen LogP contribution in [0.1, 0.15) is 11.6 Å². The molecule has 1 aliphatic heterocycles. The molecule has 0 aromatic heterocycles. The van der Waals surface area contributed by atoms with Gasteiger partial charge in [-0.2, -0.15) is 0 Å². The Morgan fingerprint density at radius 2 is 2.31 bits per heavy atom. The molecule has 1 aliphatic rings. The fraction of sp³-hybridized carbons (Fsp3) is 0.400. The molecule has 70 valence electrons. The second kappa shape index (κ2) is 3.36. The van der Waals surface area contributed by atoms with Crippen molar-refractivity contribution in [1.29, 1.82) is 0 Å². The Morgan fingerprint density at radius 1 is 1.46 bits per heavy atom. The molecule has 0 spiro atoms. The maximum atomic E-state index is 9.25. The van der Waals surface area contributed by atoms with E-state index in [-0.39, 0.29) is 18.4 Å². The maximum Gasteiger partial charge on any atom is 0.115 e. The molecular weight excluding hydrogens is 166 g/mol. The van der Waals surface area contributed by atoms with E-state index in [0.717, 1.165) is 12.1 Å². The lowest BCUT2D eigenvalue weighted by atomic mass is 9.87. The second-order valence-electron chi connectivity index (χ2n) is 3.42. The van der Waals surface area contributed by atoms with Crippen LogP contribution in [0.5, 0.6) is 5.75 Å². The predicted molar refractivity (Wildman–Crippen MR) is 49.4 cm³/mol. The predicted octanol–water partition coefficient (Wildman–Crippen LogP) is 0.645. The number of nitrogens with one attached hydrogen (secondary N) is 1. The van der Waals surface area contributed by atoms with Crippen molar-refractivity contribution < 1.29 is 10.2 Å². The molecule has 1 heterocycles. The minimum atomic E-state index is 0.202. The highest BCUT2D eigenvalue weighted by Crippen LogP contribution is 2.30. The molecule has 3 nitrogen and oxygen atoms in total. The molecule has 0 radical (unpaired) electrons. The number of phenols is 1. The summed E-state index contributed by atoms with van der Waals surface area (Å²) in [6.45, 7) is 1.06. The summed E-state index contributed by atoms with van der Waals surface area (Å²) in [5.41, 5.74) is 1.05. The minimum absolute atomic E-state index is 0.202. The Morgan fingerprint density at radius 3 is 2.85 bits per heavy atom. The van der Waals surface area contributed by atoms with Crippen LogP contribution in [0.3, 0.4) is 0 Å². The number of rotatable bonds is 2. The van der Waals surface area contributed by atoms with Crippen molar-refractivity contribution >= 4 is 0 Å². The number of hydrogen-bond donors (Lipinski definition) is 3. The van der Waals surface area contributed by atoms with Gasteiger partial charge in [0.2, 0.25) is 0 Å². The highest BCUT2D eigenvalue weighted by molar-refractivity contribution is 5.31. The van der Waals surface area contributed by atoms with Gasteiger partial charge in [0.15, 0.2) is 0 Å². The third-order valence-corrected chi connectivity index (χ3v) is 2.54. The summed E-state index contributed by atoms with van der Waals surface area (Å²) in [5, 5.41) is 21.5. The SMILES string of the molecule is OCC1CNC1c1cccc(O)c1. The number of benzene rings is 1. The van der Waals surface area contributed by atoms with Gasteiger partial charge in [-0.05, 0) is 17.7 Å². The monoisotopic (exact) mass is 179 g/mol. The Kier molecular flexibility index (Phi) is 2.20. The van der Waals surface area contributed by atoms with Gasteiger partial charge in [0.05, 0.1) is 0 Å². The lowest BCUT2D eigenvalue weighted by Gasteiger charge is -2.37. The number of aliphatic hydroxyl groups is 1. The van der Waals surface area contributed by atoms with Crippen LogP contribution in [0.4, 0.5) is 0 Å². The van der Waals surface area contributed by atoms with E-state index in [4.69, 9.17) is 5.11 Å².